The normalized spacial score (nSPS) is 23.5. The molecule has 21 heavy (non-hydrogen) atoms. The van der Waals surface area contributed by atoms with Crippen LogP contribution >= 0.6 is 0 Å². The average molecular weight is 301 g/mol. The van der Waals surface area contributed by atoms with Crippen molar-refractivity contribution in [1.82, 2.24) is 5.32 Å². The molecule has 0 radical (unpaired) electrons. The number of benzene rings is 1. The number of rotatable bonds is 4. The van der Waals surface area contributed by atoms with Crippen LogP contribution in [0.2, 0.25) is 0 Å². The summed E-state index contributed by atoms with van der Waals surface area (Å²) in [5, 5.41) is 3.28. The molecule has 2 nitrogen and oxygen atoms in total. The maximum atomic E-state index is 12.8. The maximum absolute atomic E-state index is 12.8. The zero-order valence-corrected chi connectivity index (χ0v) is 12.4. The Morgan fingerprint density at radius 3 is 2.57 bits per heavy atom. The average Bonchev–Trinajstić information content (AvgIpc) is 2.48. The largest absolute Gasteiger partial charge is 0.416 e. The Kier molecular flexibility index (Phi) is 5.27. The van der Waals surface area contributed by atoms with Gasteiger partial charge in [0, 0.05) is 13.1 Å². The highest BCUT2D eigenvalue weighted by Crippen LogP contribution is 2.33. The van der Waals surface area contributed by atoms with Crippen molar-refractivity contribution in [2.45, 2.75) is 45.1 Å². The fourth-order valence-electron chi connectivity index (χ4n) is 2.87. The molecule has 1 aliphatic heterocycles. The summed E-state index contributed by atoms with van der Waals surface area (Å²) >= 11 is 0. The van der Waals surface area contributed by atoms with Crippen molar-refractivity contribution in [1.29, 1.82) is 0 Å². The lowest BCUT2D eigenvalue weighted by Crippen LogP contribution is -2.44. The van der Waals surface area contributed by atoms with Crippen molar-refractivity contribution in [3.05, 3.63) is 35.4 Å². The highest BCUT2D eigenvalue weighted by Gasteiger charge is 2.32. The molecule has 118 valence electrons. The Bertz CT molecular complexity index is 457. The van der Waals surface area contributed by atoms with E-state index in [9.17, 15) is 13.2 Å². The van der Waals surface area contributed by atoms with Gasteiger partial charge in [0.25, 0.3) is 0 Å². The van der Waals surface area contributed by atoms with Gasteiger partial charge in [-0.15, -0.1) is 0 Å². The van der Waals surface area contributed by atoms with Gasteiger partial charge in [-0.3, -0.25) is 0 Å². The minimum atomic E-state index is -4.31. The lowest BCUT2D eigenvalue weighted by Gasteiger charge is -2.35. The third kappa shape index (κ3) is 3.98. The van der Waals surface area contributed by atoms with Crippen molar-refractivity contribution >= 4 is 0 Å². The van der Waals surface area contributed by atoms with E-state index in [1.54, 1.807) is 6.07 Å². The lowest BCUT2D eigenvalue weighted by molar-refractivity contribution is -0.137. The number of morpholine rings is 1. The van der Waals surface area contributed by atoms with E-state index >= 15 is 0 Å². The first-order valence-electron chi connectivity index (χ1n) is 7.49. The first kappa shape index (κ1) is 16.3. The van der Waals surface area contributed by atoms with Crippen LogP contribution in [0.3, 0.4) is 0 Å². The minimum absolute atomic E-state index is 0.0632. The molecule has 5 heteroatoms. The second kappa shape index (κ2) is 6.79. The van der Waals surface area contributed by atoms with Gasteiger partial charge in [0.05, 0.1) is 17.8 Å². The van der Waals surface area contributed by atoms with Crippen molar-refractivity contribution in [3.8, 4) is 0 Å². The first-order chi connectivity index (χ1) is 9.95. The van der Waals surface area contributed by atoms with E-state index in [1.807, 2.05) is 0 Å². The van der Waals surface area contributed by atoms with E-state index in [0.29, 0.717) is 18.0 Å². The third-order valence-corrected chi connectivity index (χ3v) is 4.17. The number of halogens is 3. The molecule has 1 fully saturated rings. The number of ether oxygens (including phenoxy) is 1. The summed E-state index contributed by atoms with van der Waals surface area (Å²) in [5.74, 6) is 0.436. The van der Waals surface area contributed by atoms with E-state index in [2.05, 4.69) is 19.2 Å². The zero-order valence-electron chi connectivity index (χ0n) is 12.4. The molecule has 0 amide bonds. The Balaban J connectivity index is 2.14. The number of alkyl halides is 3. The monoisotopic (exact) mass is 301 g/mol. The van der Waals surface area contributed by atoms with Crippen LogP contribution in [0.15, 0.2) is 24.3 Å². The molecule has 0 spiro atoms. The van der Waals surface area contributed by atoms with Crippen LogP contribution in [0.5, 0.6) is 0 Å². The van der Waals surface area contributed by atoms with Crippen LogP contribution in [-0.2, 0) is 10.9 Å². The van der Waals surface area contributed by atoms with Gasteiger partial charge < -0.3 is 10.1 Å². The van der Waals surface area contributed by atoms with Gasteiger partial charge >= 0.3 is 6.18 Å². The van der Waals surface area contributed by atoms with Crippen molar-refractivity contribution in [2.75, 3.05) is 13.1 Å². The second-order valence-electron chi connectivity index (χ2n) is 5.52. The molecule has 2 rings (SSSR count). The summed E-state index contributed by atoms with van der Waals surface area (Å²) in [6.45, 7) is 5.55. The molecule has 1 aromatic carbocycles. The molecule has 1 aromatic rings. The number of nitrogens with one attached hydrogen (secondary N) is 1. The molecule has 2 atom stereocenters. The smallest absolute Gasteiger partial charge is 0.367 e. The predicted molar refractivity (Wildman–Crippen MR) is 76.0 cm³/mol. The highest BCUT2D eigenvalue weighted by molar-refractivity contribution is 5.27. The zero-order chi connectivity index (χ0) is 15.5. The van der Waals surface area contributed by atoms with Crippen LogP contribution in [0, 0.1) is 5.92 Å². The fourth-order valence-corrected chi connectivity index (χ4v) is 2.87. The summed E-state index contributed by atoms with van der Waals surface area (Å²) in [5.41, 5.74) is -0.0266. The maximum Gasteiger partial charge on any atom is 0.416 e. The molecule has 0 bridgehead atoms. The van der Waals surface area contributed by atoms with Crippen molar-refractivity contribution < 1.29 is 17.9 Å². The summed E-state index contributed by atoms with van der Waals surface area (Å²) < 4.78 is 44.4. The topological polar surface area (TPSA) is 21.3 Å². The van der Waals surface area contributed by atoms with Gasteiger partial charge in [0.2, 0.25) is 0 Å². The number of hydrogen-bond acceptors (Lipinski definition) is 2. The molecule has 0 aromatic heterocycles. The van der Waals surface area contributed by atoms with Crippen molar-refractivity contribution in [3.63, 3.8) is 0 Å². The highest BCUT2D eigenvalue weighted by atomic mass is 19.4. The molecular formula is C16H22F3NO. The van der Waals surface area contributed by atoms with Gasteiger partial charge in [-0.2, -0.15) is 13.2 Å². The molecular weight excluding hydrogens is 279 g/mol. The van der Waals surface area contributed by atoms with Crippen molar-refractivity contribution in [2.24, 2.45) is 5.92 Å². The summed E-state index contributed by atoms with van der Waals surface area (Å²) in [6, 6.07) is 5.44. The van der Waals surface area contributed by atoms with Gasteiger partial charge in [-0.1, -0.05) is 38.8 Å². The van der Waals surface area contributed by atoms with Gasteiger partial charge in [-0.05, 0) is 23.6 Å². The molecule has 1 aliphatic rings. The Morgan fingerprint density at radius 1 is 1.24 bits per heavy atom. The van der Waals surface area contributed by atoms with E-state index < -0.39 is 11.7 Å². The molecule has 1 saturated heterocycles. The Labute approximate surface area is 123 Å². The van der Waals surface area contributed by atoms with E-state index in [1.165, 1.54) is 12.1 Å². The van der Waals surface area contributed by atoms with Crippen LogP contribution < -0.4 is 5.32 Å². The Morgan fingerprint density at radius 2 is 1.95 bits per heavy atom. The lowest BCUT2D eigenvalue weighted by atomic mass is 9.94. The predicted octanol–water partition coefficient (Wildman–Crippen LogP) is 4.17. The van der Waals surface area contributed by atoms with Gasteiger partial charge in [0.1, 0.15) is 0 Å². The van der Waals surface area contributed by atoms with E-state index in [-0.39, 0.29) is 12.2 Å². The van der Waals surface area contributed by atoms with Gasteiger partial charge in [-0.25, -0.2) is 0 Å². The van der Waals surface area contributed by atoms with E-state index in [4.69, 9.17) is 4.74 Å². The summed E-state index contributed by atoms with van der Waals surface area (Å²) in [4.78, 5) is 0. The minimum Gasteiger partial charge on any atom is -0.367 e. The summed E-state index contributed by atoms with van der Waals surface area (Å²) in [6.07, 6.45) is -2.54. The molecule has 0 aliphatic carbocycles. The quantitative estimate of drug-likeness (QED) is 0.901. The third-order valence-electron chi connectivity index (χ3n) is 4.17. The van der Waals surface area contributed by atoms with Crippen LogP contribution in [0.1, 0.15) is 43.9 Å². The standard InChI is InChI=1S/C16H22F3NO/c1-3-11(4-2)14-9-20-10-15(21-14)12-6-5-7-13(8-12)16(17,18)19/h5-8,11,14-15,20H,3-4,9-10H2,1-2H3. The SMILES string of the molecule is CCC(CC)C1CNCC(c2cccc(C(F)(F)F)c2)O1. The fraction of sp³-hybridized carbons (Fsp3) is 0.625. The first-order valence-corrected chi connectivity index (χ1v) is 7.49. The molecule has 2 unspecified atom stereocenters. The van der Waals surface area contributed by atoms with E-state index in [0.717, 1.165) is 25.5 Å². The van der Waals surface area contributed by atoms with Crippen LogP contribution in [0.4, 0.5) is 13.2 Å². The molecule has 1 N–H and O–H groups in total. The molecule has 1 heterocycles. The van der Waals surface area contributed by atoms with Gasteiger partial charge in [0.15, 0.2) is 0 Å². The summed E-state index contributed by atoms with van der Waals surface area (Å²) in [7, 11) is 0. The number of hydrogen-bond donors (Lipinski definition) is 1. The van der Waals surface area contributed by atoms with Crippen LogP contribution in [-0.4, -0.2) is 19.2 Å². The molecule has 0 saturated carbocycles. The second-order valence-corrected chi connectivity index (χ2v) is 5.52. The Hall–Kier alpha value is -1.07. The van der Waals surface area contributed by atoms with Crippen LogP contribution in [0.25, 0.3) is 0 Å².